The molecule has 0 saturated heterocycles. The van der Waals surface area contributed by atoms with E-state index in [-0.39, 0.29) is 0 Å². The lowest BCUT2D eigenvalue weighted by Crippen LogP contribution is -1.85. The molecule has 0 saturated carbocycles. The molecular formula is C13H11NS. The first-order valence-corrected chi connectivity index (χ1v) is 6.11. The predicted octanol–water partition coefficient (Wildman–Crippen LogP) is 3.71. The van der Waals surface area contributed by atoms with Crippen LogP contribution in [-0.4, -0.2) is 10.7 Å². The van der Waals surface area contributed by atoms with Crippen molar-refractivity contribution in [2.75, 3.05) is 5.75 Å². The van der Waals surface area contributed by atoms with Crippen LogP contribution < -0.4 is 0 Å². The van der Waals surface area contributed by atoms with E-state index < -0.39 is 0 Å². The molecule has 15 heavy (non-hydrogen) atoms. The third kappa shape index (κ3) is 1.65. The van der Waals surface area contributed by atoms with Crippen LogP contribution in [0.3, 0.4) is 0 Å². The fourth-order valence-corrected chi connectivity index (χ4v) is 2.75. The van der Waals surface area contributed by atoms with Gasteiger partial charge in [-0.25, -0.2) is 4.98 Å². The third-order valence-electron chi connectivity index (χ3n) is 2.56. The van der Waals surface area contributed by atoms with Crippen LogP contribution in [0.4, 0.5) is 0 Å². The number of fused-ring (bicyclic) bond motifs is 1. The third-order valence-corrected chi connectivity index (χ3v) is 3.68. The van der Waals surface area contributed by atoms with Crippen molar-refractivity contribution in [1.82, 2.24) is 4.98 Å². The lowest BCUT2D eigenvalue weighted by atomic mass is 10.2. The molecule has 74 valence electrons. The highest BCUT2D eigenvalue weighted by Crippen LogP contribution is 2.33. The second-order valence-electron chi connectivity index (χ2n) is 3.59. The van der Waals surface area contributed by atoms with Crippen LogP contribution in [0.25, 0.3) is 15.8 Å². The fourth-order valence-electron chi connectivity index (χ4n) is 1.80. The second kappa shape index (κ2) is 3.70. The van der Waals surface area contributed by atoms with Crippen molar-refractivity contribution in [3.05, 3.63) is 48.2 Å². The number of hydrogen-bond donors (Lipinski definition) is 0. The maximum absolute atomic E-state index is 4.67. The van der Waals surface area contributed by atoms with E-state index in [0.29, 0.717) is 0 Å². The minimum absolute atomic E-state index is 1.09. The summed E-state index contributed by atoms with van der Waals surface area (Å²) in [5.74, 6) is 1.20. The summed E-state index contributed by atoms with van der Waals surface area (Å²) < 4.78 is 0. The molecule has 2 heteroatoms. The molecule has 1 aliphatic heterocycles. The zero-order valence-corrected chi connectivity index (χ0v) is 9.13. The number of aromatic nitrogens is 1. The van der Waals surface area contributed by atoms with Crippen LogP contribution in [0.2, 0.25) is 0 Å². The Labute approximate surface area is 93.2 Å². The Bertz CT molecular complexity index is 531. The normalized spacial score (nSPS) is 15.6. The van der Waals surface area contributed by atoms with E-state index in [4.69, 9.17) is 0 Å². The molecule has 1 aliphatic rings. The summed E-state index contributed by atoms with van der Waals surface area (Å²) in [6, 6.07) is 12.5. The van der Waals surface area contributed by atoms with Gasteiger partial charge < -0.3 is 0 Å². The standard InChI is InChI=1S/C13H11NS/c1-2-5-11-10(4-1)7-8-12(14-11)13-6-3-9-15-13/h1-2,4-8H,3,9H2. The number of nitrogens with zero attached hydrogens (tertiary/aromatic N) is 1. The Morgan fingerprint density at radius 3 is 2.87 bits per heavy atom. The lowest BCUT2D eigenvalue weighted by molar-refractivity contribution is 1.27. The first-order chi connectivity index (χ1) is 7.43. The molecule has 1 aromatic heterocycles. The summed E-state index contributed by atoms with van der Waals surface area (Å²) in [6.45, 7) is 0. The maximum atomic E-state index is 4.67. The molecule has 3 rings (SSSR count). The van der Waals surface area contributed by atoms with E-state index in [1.54, 1.807) is 0 Å². The number of para-hydroxylation sites is 1. The number of pyridine rings is 1. The predicted molar refractivity (Wildman–Crippen MR) is 66.8 cm³/mol. The number of thioether (sulfide) groups is 1. The van der Waals surface area contributed by atoms with E-state index >= 15 is 0 Å². The van der Waals surface area contributed by atoms with Gasteiger partial charge >= 0.3 is 0 Å². The van der Waals surface area contributed by atoms with Crippen molar-refractivity contribution in [3.8, 4) is 0 Å². The molecule has 0 N–H and O–H groups in total. The van der Waals surface area contributed by atoms with E-state index in [1.165, 1.54) is 22.5 Å². The van der Waals surface area contributed by atoms with E-state index in [2.05, 4.69) is 35.3 Å². The zero-order chi connectivity index (χ0) is 10.1. The molecule has 0 fully saturated rings. The molecule has 0 atom stereocenters. The van der Waals surface area contributed by atoms with Gasteiger partial charge in [-0.05, 0) is 18.6 Å². The minimum Gasteiger partial charge on any atom is -0.247 e. The summed E-state index contributed by atoms with van der Waals surface area (Å²) >= 11 is 1.90. The summed E-state index contributed by atoms with van der Waals surface area (Å²) in [4.78, 5) is 6.00. The van der Waals surface area contributed by atoms with Gasteiger partial charge in [0.2, 0.25) is 0 Å². The van der Waals surface area contributed by atoms with Crippen molar-refractivity contribution in [2.24, 2.45) is 0 Å². The molecule has 0 bridgehead atoms. The Morgan fingerprint density at radius 2 is 2.00 bits per heavy atom. The summed E-state index contributed by atoms with van der Waals surface area (Å²) in [5.41, 5.74) is 2.21. The molecule has 0 spiro atoms. The van der Waals surface area contributed by atoms with Crippen molar-refractivity contribution in [3.63, 3.8) is 0 Å². The highest BCUT2D eigenvalue weighted by molar-refractivity contribution is 8.08. The Hall–Kier alpha value is -1.28. The van der Waals surface area contributed by atoms with E-state index in [1.807, 2.05) is 23.9 Å². The van der Waals surface area contributed by atoms with Crippen molar-refractivity contribution in [1.29, 1.82) is 0 Å². The van der Waals surface area contributed by atoms with Gasteiger partial charge in [-0.3, -0.25) is 0 Å². The van der Waals surface area contributed by atoms with Crippen LogP contribution in [0, 0.1) is 0 Å². The van der Waals surface area contributed by atoms with Crippen molar-refractivity contribution < 1.29 is 0 Å². The topological polar surface area (TPSA) is 12.9 Å². The molecule has 2 heterocycles. The van der Waals surface area contributed by atoms with Gasteiger partial charge in [-0.15, -0.1) is 11.8 Å². The van der Waals surface area contributed by atoms with Crippen LogP contribution in [-0.2, 0) is 0 Å². The monoisotopic (exact) mass is 213 g/mol. The Balaban J connectivity index is 2.13. The average Bonchev–Trinajstić information content (AvgIpc) is 2.82. The van der Waals surface area contributed by atoms with Gasteiger partial charge in [0.1, 0.15) is 0 Å². The quantitative estimate of drug-likeness (QED) is 0.716. The number of allylic oxidation sites excluding steroid dienone is 1. The number of rotatable bonds is 1. The lowest BCUT2D eigenvalue weighted by Gasteiger charge is -2.02. The number of hydrogen-bond acceptors (Lipinski definition) is 2. The smallest absolute Gasteiger partial charge is 0.0769 e. The van der Waals surface area contributed by atoms with E-state index in [0.717, 1.165) is 11.2 Å². The molecule has 1 nitrogen and oxygen atoms in total. The van der Waals surface area contributed by atoms with Crippen molar-refractivity contribution >= 4 is 27.6 Å². The Kier molecular flexibility index (Phi) is 2.22. The van der Waals surface area contributed by atoms with Crippen LogP contribution >= 0.6 is 11.8 Å². The molecular weight excluding hydrogens is 202 g/mol. The highest BCUT2D eigenvalue weighted by Gasteiger charge is 2.09. The SMILES string of the molecule is C1=C(c2ccc3ccccc3n2)SCC1. The Morgan fingerprint density at radius 1 is 1.07 bits per heavy atom. The fraction of sp³-hybridized carbons (Fsp3) is 0.154. The summed E-state index contributed by atoms with van der Waals surface area (Å²) in [6.07, 6.45) is 3.45. The van der Waals surface area contributed by atoms with Gasteiger partial charge in [-0.1, -0.05) is 30.3 Å². The summed E-state index contributed by atoms with van der Waals surface area (Å²) in [7, 11) is 0. The minimum atomic E-state index is 1.09. The maximum Gasteiger partial charge on any atom is 0.0769 e. The molecule has 0 amide bonds. The molecule has 1 aromatic carbocycles. The van der Waals surface area contributed by atoms with Crippen LogP contribution in [0.15, 0.2) is 42.5 Å². The van der Waals surface area contributed by atoms with E-state index in [9.17, 15) is 0 Å². The van der Waals surface area contributed by atoms with Crippen LogP contribution in [0.1, 0.15) is 12.1 Å². The highest BCUT2D eigenvalue weighted by atomic mass is 32.2. The molecule has 0 unspecified atom stereocenters. The second-order valence-corrected chi connectivity index (χ2v) is 4.73. The van der Waals surface area contributed by atoms with Crippen molar-refractivity contribution in [2.45, 2.75) is 6.42 Å². The zero-order valence-electron chi connectivity index (χ0n) is 8.31. The van der Waals surface area contributed by atoms with Gasteiger partial charge in [-0.2, -0.15) is 0 Å². The molecule has 2 aromatic rings. The van der Waals surface area contributed by atoms with Gasteiger partial charge in [0.25, 0.3) is 0 Å². The first-order valence-electron chi connectivity index (χ1n) is 5.12. The van der Waals surface area contributed by atoms with Gasteiger partial charge in [0.05, 0.1) is 11.2 Å². The largest absolute Gasteiger partial charge is 0.247 e. The number of benzene rings is 1. The van der Waals surface area contributed by atoms with Gasteiger partial charge in [0.15, 0.2) is 0 Å². The molecule has 0 radical (unpaired) electrons. The first kappa shape index (κ1) is 8.98. The van der Waals surface area contributed by atoms with Crippen LogP contribution in [0.5, 0.6) is 0 Å². The average molecular weight is 213 g/mol. The molecule has 0 aliphatic carbocycles. The summed E-state index contributed by atoms with van der Waals surface area (Å²) in [5, 5.41) is 1.21. The van der Waals surface area contributed by atoms with Gasteiger partial charge in [0, 0.05) is 16.0 Å².